The molecule has 1 radical (unpaired) electrons. The molecule has 1 aromatic rings. The molecule has 0 bridgehead atoms. The van der Waals surface area contributed by atoms with Gasteiger partial charge in [-0.2, -0.15) is 0 Å². The molecule has 7 heteroatoms. The predicted molar refractivity (Wildman–Crippen MR) is 65.2 cm³/mol. The van der Waals surface area contributed by atoms with Gasteiger partial charge in [0.25, 0.3) is 0 Å². The zero-order valence-electron chi connectivity index (χ0n) is 11.1. The second-order valence-corrected chi connectivity index (χ2v) is 3.25. The second kappa shape index (κ2) is 15.9. The minimum absolute atomic E-state index is 0. The van der Waals surface area contributed by atoms with Crippen molar-refractivity contribution in [2.24, 2.45) is 9.98 Å². The molecule has 1 rings (SSSR count). The van der Waals surface area contributed by atoms with Crippen molar-refractivity contribution in [2.75, 3.05) is 13.1 Å². The van der Waals surface area contributed by atoms with Crippen LogP contribution in [0.3, 0.4) is 0 Å². The summed E-state index contributed by atoms with van der Waals surface area (Å²) in [5.74, 6) is 0. The van der Waals surface area contributed by atoms with Gasteiger partial charge in [0.2, 0.25) is 0 Å². The molecular formula is C12H17Cl3FeN3. The largest absolute Gasteiger partial charge is 3.00 e. The number of pyridine rings is 1. The van der Waals surface area contributed by atoms with Crippen LogP contribution < -0.4 is 37.2 Å². The van der Waals surface area contributed by atoms with Crippen LogP contribution in [0, 0.1) is 6.92 Å². The SMILES string of the molecule is CCN=Cc1cc(C)cc(C=NCC)n1.[Cl-].[Cl-].[Cl-].[Fe+3]. The molecule has 1 aromatic heterocycles. The van der Waals surface area contributed by atoms with Gasteiger partial charge in [0.15, 0.2) is 0 Å². The first-order valence-corrected chi connectivity index (χ1v) is 5.24. The predicted octanol–water partition coefficient (Wildman–Crippen LogP) is -6.72. The van der Waals surface area contributed by atoms with Gasteiger partial charge >= 0.3 is 17.1 Å². The first-order chi connectivity index (χ1) is 7.26. The Hall–Kier alpha value is -0.121. The maximum absolute atomic E-state index is 4.41. The Kier molecular flexibility index (Phi) is 22.9. The molecule has 0 amide bonds. The fourth-order valence-corrected chi connectivity index (χ4v) is 1.22. The van der Waals surface area contributed by atoms with Gasteiger partial charge in [-0.25, -0.2) is 4.98 Å². The maximum Gasteiger partial charge on any atom is 3.00 e. The molecule has 0 spiro atoms. The van der Waals surface area contributed by atoms with Gasteiger partial charge in [-0.3, -0.25) is 9.98 Å². The van der Waals surface area contributed by atoms with Crippen molar-refractivity contribution in [1.29, 1.82) is 0 Å². The van der Waals surface area contributed by atoms with E-state index in [1.165, 1.54) is 5.56 Å². The fourth-order valence-electron chi connectivity index (χ4n) is 1.22. The van der Waals surface area contributed by atoms with Crippen LogP contribution in [0.25, 0.3) is 0 Å². The van der Waals surface area contributed by atoms with Crippen molar-refractivity contribution in [3.8, 4) is 0 Å². The Labute approximate surface area is 144 Å². The van der Waals surface area contributed by atoms with Gasteiger partial charge in [-0.15, -0.1) is 0 Å². The second-order valence-electron chi connectivity index (χ2n) is 3.25. The van der Waals surface area contributed by atoms with E-state index in [1.54, 1.807) is 12.4 Å². The zero-order chi connectivity index (χ0) is 11.1. The molecule has 0 N–H and O–H groups in total. The van der Waals surface area contributed by atoms with Crippen LogP contribution in [-0.4, -0.2) is 30.5 Å². The van der Waals surface area contributed by atoms with E-state index in [4.69, 9.17) is 0 Å². The monoisotopic (exact) mass is 364 g/mol. The summed E-state index contributed by atoms with van der Waals surface area (Å²) in [4.78, 5) is 12.8. The van der Waals surface area contributed by atoms with E-state index in [0.29, 0.717) is 0 Å². The summed E-state index contributed by atoms with van der Waals surface area (Å²) in [6.07, 6.45) is 3.60. The molecule has 1 heterocycles. The van der Waals surface area contributed by atoms with E-state index >= 15 is 0 Å². The first-order valence-electron chi connectivity index (χ1n) is 5.24. The molecule has 0 saturated carbocycles. The molecule has 0 atom stereocenters. The minimum Gasteiger partial charge on any atom is -1.00 e. The topological polar surface area (TPSA) is 37.6 Å². The van der Waals surface area contributed by atoms with E-state index in [-0.39, 0.29) is 54.3 Å². The molecule has 3 nitrogen and oxygen atoms in total. The van der Waals surface area contributed by atoms with E-state index in [0.717, 1.165) is 24.5 Å². The van der Waals surface area contributed by atoms with Crippen molar-refractivity contribution >= 4 is 12.4 Å². The molecule has 0 saturated heterocycles. The Bertz CT molecular complexity index is 352. The van der Waals surface area contributed by atoms with Gasteiger partial charge in [0, 0.05) is 25.5 Å². The molecule has 0 fully saturated rings. The van der Waals surface area contributed by atoms with Crippen LogP contribution in [-0.2, 0) is 17.1 Å². The molecule has 19 heavy (non-hydrogen) atoms. The van der Waals surface area contributed by atoms with E-state index < -0.39 is 0 Å². The number of halogens is 3. The number of hydrogen-bond donors (Lipinski definition) is 0. The normalized spacial score (nSPS) is 9.21. The van der Waals surface area contributed by atoms with Crippen molar-refractivity contribution in [1.82, 2.24) is 4.98 Å². The molecule has 0 unspecified atom stereocenters. The van der Waals surface area contributed by atoms with Gasteiger partial charge in [-0.1, -0.05) is 0 Å². The number of rotatable bonds is 4. The average Bonchev–Trinajstić information content (AvgIpc) is 2.23. The summed E-state index contributed by atoms with van der Waals surface area (Å²) in [7, 11) is 0. The molecule has 109 valence electrons. The van der Waals surface area contributed by atoms with Crippen LogP contribution in [0.1, 0.15) is 30.8 Å². The summed E-state index contributed by atoms with van der Waals surface area (Å²) in [6, 6.07) is 4.03. The number of aliphatic imine (C=N–C) groups is 2. The maximum atomic E-state index is 4.41. The summed E-state index contributed by atoms with van der Waals surface area (Å²) in [5, 5.41) is 0. The molecule has 0 aliphatic rings. The summed E-state index contributed by atoms with van der Waals surface area (Å²) in [5.41, 5.74) is 2.98. The first kappa shape index (κ1) is 27.3. The fraction of sp³-hybridized carbons (Fsp3) is 0.417. The van der Waals surface area contributed by atoms with Crippen molar-refractivity contribution in [2.45, 2.75) is 20.8 Å². The summed E-state index contributed by atoms with van der Waals surface area (Å²) < 4.78 is 0. The number of hydrogen-bond acceptors (Lipinski definition) is 3. The summed E-state index contributed by atoms with van der Waals surface area (Å²) >= 11 is 0. The summed E-state index contributed by atoms with van der Waals surface area (Å²) in [6.45, 7) is 7.63. The Morgan fingerprint density at radius 1 is 0.947 bits per heavy atom. The zero-order valence-corrected chi connectivity index (χ0v) is 14.4. The molecule has 0 aliphatic carbocycles. The molecular weight excluding hydrogens is 348 g/mol. The van der Waals surface area contributed by atoms with Crippen LogP contribution in [0.4, 0.5) is 0 Å². The molecule has 0 aromatic carbocycles. The van der Waals surface area contributed by atoms with Crippen molar-refractivity contribution in [3.05, 3.63) is 29.1 Å². The Balaban J connectivity index is -0.000000281. The van der Waals surface area contributed by atoms with E-state index in [1.807, 2.05) is 32.9 Å². The quantitative estimate of drug-likeness (QED) is 0.386. The Morgan fingerprint density at radius 2 is 1.32 bits per heavy atom. The number of aromatic nitrogens is 1. The van der Waals surface area contributed by atoms with Gasteiger partial charge in [0.05, 0.1) is 11.4 Å². The standard InChI is InChI=1S/C12H17N3.3ClH.Fe/c1-4-13-8-11-6-10(3)7-12(15-11)9-14-5-2;;;;/h6-9H,4-5H2,1-3H3;3*1H;/q;;;;+3/p-3. The Morgan fingerprint density at radius 3 is 1.63 bits per heavy atom. The van der Waals surface area contributed by atoms with E-state index in [2.05, 4.69) is 15.0 Å². The third-order valence-corrected chi connectivity index (χ3v) is 1.82. The average molecular weight is 365 g/mol. The molecule has 0 aliphatic heterocycles. The smallest absolute Gasteiger partial charge is 1.00 e. The van der Waals surface area contributed by atoms with Crippen LogP contribution in [0.15, 0.2) is 22.1 Å². The van der Waals surface area contributed by atoms with Gasteiger partial charge in [0.1, 0.15) is 0 Å². The minimum atomic E-state index is 0. The number of aryl methyl sites for hydroxylation is 1. The van der Waals surface area contributed by atoms with Gasteiger partial charge < -0.3 is 37.2 Å². The third kappa shape index (κ3) is 11.4. The number of nitrogens with zero attached hydrogens (tertiary/aromatic N) is 3. The van der Waals surface area contributed by atoms with Gasteiger partial charge in [-0.05, 0) is 38.5 Å². The van der Waals surface area contributed by atoms with Crippen LogP contribution in [0.5, 0.6) is 0 Å². The van der Waals surface area contributed by atoms with Crippen molar-refractivity contribution in [3.63, 3.8) is 0 Å². The van der Waals surface area contributed by atoms with Crippen molar-refractivity contribution < 1.29 is 54.3 Å². The van der Waals surface area contributed by atoms with Crippen LogP contribution >= 0.6 is 0 Å². The van der Waals surface area contributed by atoms with E-state index in [9.17, 15) is 0 Å². The third-order valence-electron chi connectivity index (χ3n) is 1.82. The van der Waals surface area contributed by atoms with Crippen LogP contribution in [0.2, 0.25) is 0 Å².